The fourth-order valence-electron chi connectivity index (χ4n) is 3.44. The Balaban J connectivity index is 0.000000339. The quantitative estimate of drug-likeness (QED) is 0.745. The third-order valence-electron chi connectivity index (χ3n) is 5.10. The van der Waals surface area contributed by atoms with E-state index in [1.165, 1.54) is 0 Å². The Morgan fingerprint density at radius 1 is 1.35 bits per heavy atom. The predicted molar refractivity (Wildman–Crippen MR) is 105 cm³/mol. The Morgan fingerprint density at radius 2 is 2.03 bits per heavy atom. The summed E-state index contributed by atoms with van der Waals surface area (Å²) in [5.74, 6) is -2.74. The van der Waals surface area contributed by atoms with Crippen LogP contribution in [-0.2, 0) is 27.9 Å². The molecule has 0 saturated carbocycles. The van der Waals surface area contributed by atoms with Crippen LogP contribution >= 0.6 is 11.3 Å². The van der Waals surface area contributed by atoms with Crippen LogP contribution in [0.2, 0.25) is 0 Å². The highest BCUT2D eigenvalue weighted by Gasteiger charge is 2.43. The molecular formula is C18H22F3N5O4S. The van der Waals surface area contributed by atoms with Gasteiger partial charge in [0.1, 0.15) is 11.6 Å². The van der Waals surface area contributed by atoms with E-state index in [0.717, 1.165) is 43.2 Å². The maximum absolute atomic E-state index is 12.3. The summed E-state index contributed by atoms with van der Waals surface area (Å²) in [7, 11) is 1.86. The second kappa shape index (κ2) is 9.32. The highest BCUT2D eigenvalue weighted by Crippen LogP contribution is 2.33. The first kappa shape index (κ1) is 23.2. The van der Waals surface area contributed by atoms with Gasteiger partial charge in [0.25, 0.3) is 5.91 Å². The van der Waals surface area contributed by atoms with Gasteiger partial charge >= 0.3 is 12.1 Å². The monoisotopic (exact) mass is 461 g/mol. The van der Waals surface area contributed by atoms with Crippen molar-refractivity contribution >= 4 is 28.9 Å². The van der Waals surface area contributed by atoms with E-state index in [2.05, 4.69) is 15.0 Å². The van der Waals surface area contributed by atoms with Gasteiger partial charge in [-0.05, 0) is 12.8 Å². The van der Waals surface area contributed by atoms with E-state index >= 15 is 0 Å². The number of halogens is 3. The molecule has 0 aliphatic carbocycles. The number of rotatable bonds is 3. The molecule has 2 aromatic rings. The minimum absolute atomic E-state index is 0.0128. The molecule has 2 fully saturated rings. The van der Waals surface area contributed by atoms with E-state index in [4.69, 9.17) is 14.6 Å². The molecular weight excluding hydrogens is 439 g/mol. The maximum Gasteiger partial charge on any atom is 0.490 e. The number of piperidine rings is 1. The molecule has 2 aliphatic rings. The van der Waals surface area contributed by atoms with Gasteiger partial charge in [0.2, 0.25) is 0 Å². The second-order valence-corrected chi connectivity index (χ2v) is 8.31. The van der Waals surface area contributed by atoms with Gasteiger partial charge in [0.15, 0.2) is 0 Å². The molecule has 9 nitrogen and oxygen atoms in total. The number of ether oxygens (including phenoxy) is 1. The largest absolute Gasteiger partial charge is 0.490 e. The average Bonchev–Trinajstić information content (AvgIpc) is 3.37. The average molecular weight is 461 g/mol. The molecule has 4 heterocycles. The van der Waals surface area contributed by atoms with E-state index in [9.17, 15) is 18.0 Å². The Hall–Kier alpha value is -2.51. The number of nitrogens with zero attached hydrogens (tertiary/aromatic N) is 5. The van der Waals surface area contributed by atoms with Crippen LogP contribution in [0.5, 0.6) is 0 Å². The van der Waals surface area contributed by atoms with Crippen LogP contribution in [0, 0.1) is 0 Å². The van der Waals surface area contributed by atoms with Crippen LogP contribution < -0.4 is 4.90 Å². The zero-order chi connectivity index (χ0) is 22.6. The normalized spacial score (nSPS) is 19.2. The number of morpholine rings is 1. The number of amides is 1. The van der Waals surface area contributed by atoms with Crippen molar-refractivity contribution in [1.29, 1.82) is 0 Å². The summed E-state index contributed by atoms with van der Waals surface area (Å²) < 4.78 is 39.5. The number of hydrogen-bond donors (Lipinski definition) is 1. The summed E-state index contributed by atoms with van der Waals surface area (Å²) in [4.78, 5) is 29.8. The lowest BCUT2D eigenvalue weighted by atomic mass is 9.89. The Labute approximate surface area is 180 Å². The van der Waals surface area contributed by atoms with Gasteiger partial charge in [-0.15, -0.1) is 11.3 Å². The maximum atomic E-state index is 12.3. The van der Waals surface area contributed by atoms with Gasteiger partial charge in [-0.1, -0.05) is 0 Å². The molecule has 0 bridgehead atoms. The summed E-state index contributed by atoms with van der Waals surface area (Å²) >= 11 is 1.70. The highest BCUT2D eigenvalue weighted by atomic mass is 32.1. The zero-order valence-corrected chi connectivity index (χ0v) is 17.5. The van der Waals surface area contributed by atoms with Crippen molar-refractivity contribution in [3.63, 3.8) is 0 Å². The van der Waals surface area contributed by atoms with Crippen LogP contribution in [-0.4, -0.2) is 74.7 Å². The molecule has 31 heavy (non-hydrogen) atoms. The summed E-state index contributed by atoms with van der Waals surface area (Å²) in [6.45, 7) is 3.60. The first-order valence-corrected chi connectivity index (χ1v) is 10.3. The number of aliphatic carboxylic acids is 1. The molecule has 2 saturated heterocycles. The van der Waals surface area contributed by atoms with Crippen molar-refractivity contribution in [2.24, 2.45) is 7.05 Å². The van der Waals surface area contributed by atoms with Gasteiger partial charge < -0.3 is 14.7 Å². The molecule has 1 amide bonds. The number of aryl methyl sites for hydroxylation is 1. The van der Waals surface area contributed by atoms with Crippen LogP contribution in [0.3, 0.4) is 0 Å². The Bertz CT molecular complexity index is 894. The molecule has 0 atom stereocenters. The van der Waals surface area contributed by atoms with Gasteiger partial charge in [0.05, 0.1) is 30.6 Å². The molecule has 1 N–H and O–H groups in total. The van der Waals surface area contributed by atoms with E-state index < -0.39 is 12.1 Å². The van der Waals surface area contributed by atoms with Crippen LogP contribution in [0.1, 0.15) is 17.8 Å². The van der Waals surface area contributed by atoms with Crippen molar-refractivity contribution in [1.82, 2.24) is 19.7 Å². The van der Waals surface area contributed by atoms with E-state index in [1.54, 1.807) is 22.2 Å². The molecule has 4 rings (SSSR count). The number of carboxylic acid groups (broad SMARTS) is 1. The molecule has 13 heteroatoms. The Morgan fingerprint density at radius 3 is 2.55 bits per heavy atom. The van der Waals surface area contributed by atoms with Gasteiger partial charge in [0, 0.05) is 37.9 Å². The molecule has 1 spiro atoms. The van der Waals surface area contributed by atoms with Crippen molar-refractivity contribution in [3.8, 4) is 0 Å². The fraction of sp³-hybridized carbons (Fsp3) is 0.556. The van der Waals surface area contributed by atoms with Crippen LogP contribution in [0.4, 0.5) is 18.9 Å². The topological polar surface area (TPSA) is 101 Å². The summed E-state index contributed by atoms with van der Waals surface area (Å²) in [5.41, 5.74) is 0.624. The number of likely N-dealkylation sites (tertiary alicyclic amines) is 1. The number of carbonyl (C=O) groups is 2. The summed E-state index contributed by atoms with van der Waals surface area (Å²) in [6.07, 6.45) is 2.26. The number of aromatic nitrogens is 3. The van der Waals surface area contributed by atoms with Crippen molar-refractivity contribution in [2.75, 3.05) is 31.1 Å². The van der Waals surface area contributed by atoms with E-state index in [1.807, 2.05) is 29.7 Å². The lowest BCUT2D eigenvalue weighted by Gasteiger charge is -2.46. The van der Waals surface area contributed by atoms with Crippen molar-refractivity contribution in [2.45, 2.75) is 31.2 Å². The van der Waals surface area contributed by atoms with E-state index in [-0.39, 0.29) is 18.1 Å². The number of alkyl halides is 3. The number of hydrogen-bond acceptors (Lipinski definition) is 7. The molecule has 0 aromatic carbocycles. The molecule has 2 aromatic heterocycles. The lowest BCUT2D eigenvalue weighted by Crippen LogP contribution is -2.58. The third kappa shape index (κ3) is 6.02. The van der Waals surface area contributed by atoms with Gasteiger partial charge in [-0.3, -0.25) is 14.4 Å². The zero-order valence-electron chi connectivity index (χ0n) is 16.7. The molecule has 0 unspecified atom stereocenters. The van der Waals surface area contributed by atoms with Gasteiger partial charge in [-0.25, -0.2) is 9.78 Å². The Kier molecular flexibility index (Phi) is 6.96. The van der Waals surface area contributed by atoms with Crippen molar-refractivity contribution in [3.05, 3.63) is 29.0 Å². The predicted octanol–water partition coefficient (Wildman–Crippen LogP) is 1.91. The third-order valence-corrected chi connectivity index (χ3v) is 5.87. The number of anilines is 1. The van der Waals surface area contributed by atoms with Crippen LogP contribution in [0.25, 0.3) is 0 Å². The summed E-state index contributed by atoms with van der Waals surface area (Å²) in [5, 5.41) is 14.5. The smallest absolute Gasteiger partial charge is 0.475 e. The summed E-state index contributed by atoms with van der Waals surface area (Å²) in [6, 6.07) is 0. The minimum Gasteiger partial charge on any atom is -0.475 e. The fourth-order valence-corrected chi connectivity index (χ4v) is 4.10. The molecule has 2 aliphatic heterocycles. The molecule has 0 radical (unpaired) electrons. The number of carbonyl (C=O) groups excluding carboxylic acids is 1. The van der Waals surface area contributed by atoms with E-state index in [0.29, 0.717) is 6.54 Å². The lowest BCUT2D eigenvalue weighted by molar-refractivity contribution is -0.192. The first-order valence-electron chi connectivity index (χ1n) is 9.42. The van der Waals surface area contributed by atoms with Crippen LogP contribution in [0.15, 0.2) is 24.0 Å². The first-order chi connectivity index (χ1) is 14.6. The van der Waals surface area contributed by atoms with Crippen molar-refractivity contribution < 1.29 is 32.6 Å². The molecule has 170 valence electrons. The minimum atomic E-state index is -5.08. The highest BCUT2D eigenvalue weighted by molar-refractivity contribution is 7.09. The number of thiazole rings is 1. The number of carboxylic acids is 1. The van der Waals surface area contributed by atoms with Gasteiger partial charge in [-0.2, -0.15) is 18.3 Å². The second-order valence-electron chi connectivity index (χ2n) is 7.33. The SMILES string of the molecule is Cn1cc(N2CC3(CCN(Cc4nccs4)CC3)OCC2=O)cn1.O=C(O)C(F)(F)F. The standard InChI is InChI=1S/C16H21N5O2S.C2HF3O2/c1-19-9-13(8-18-19)21-12-16(23-11-15(21)22)2-5-20(6-3-16)10-14-17-4-7-24-14;3-2(4,5)1(6)7/h4,7-9H,2-3,5-6,10-12H2,1H3;(H,6,7).